The molecule has 1 aromatic heterocycles. The number of hydrogen-bond acceptors (Lipinski definition) is 4. The lowest BCUT2D eigenvalue weighted by Gasteiger charge is -2.09. The molecule has 0 bridgehead atoms. The molecular formula is C13H13ClN2O3. The molecule has 0 unspecified atom stereocenters. The number of ether oxygens (including phenoxy) is 1. The summed E-state index contributed by atoms with van der Waals surface area (Å²) in [5.41, 5.74) is 0.473. The molecule has 100 valence electrons. The van der Waals surface area contributed by atoms with Crippen LogP contribution in [0.4, 0.5) is 0 Å². The van der Waals surface area contributed by atoms with Gasteiger partial charge in [-0.15, -0.1) is 0 Å². The Morgan fingerprint density at radius 3 is 2.79 bits per heavy atom. The average molecular weight is 281 g/mol. The summed E-state index contributed by atoms with van der Waals surface area (Å²) in [4.78, 5) is 12.4. The topological polar surface area (TPSA) is 64.3 Å². The summed E-state index contributed by atoms with van der Waals surface area (Å²) in [6, 6.07) is 4.75. The largest absolute Gasteiger partial charge is 0.493 e. The highest BCUT2D eigenvalue weighted by Gasteiger charge is 2.20. The van der Waals surface area contributed by atoms with E-state index in [2.05, 4.69) is 5.10 Å². The molecular weight excluding hydrogens is 268 g/mol. The van der Waals surface area contributed by atoms with Crippen molar-refractivity contribution in [3.05, 3.63) is 40.5 Å². The first-order valence-electron chi connectivity index (χ1n) is 5.72. The van der Waals surface area contributed by atoms with Gasteiger partial charge in [-0.25, -0.2) is 4.68 Å². The Labute approximate surface area is 115 Å². The van der Waals surface area contributed by atoms with Crippen LogP contribution < -0.4 is 4.74 Å². The Bertz CT molecular complexity index is 622. The third-order valence-corrected chi connectivity index (χ3v) is 2.88. The summed E-state index contributed by atoms with van der Waals surface area (Å²) < 4.78 is 6.62. The molecule has 2 rings (SSSR count). The molecule has 19 heavy (non-hydrogen) atoms. The minimum absolute atomic E-state index is 0.130. The second-order valence-corrected chi connectivity index (χ2v) is 4.34. The number of ketones is 1. The van der Waals surface area contributed by atoms with E-state index in [1.807, 2.05) is 6.92 Å². The number of benzene rings is 1. The first-order chi connectivity index (χ1) is 9.04. The van der Waals surface area contributed by atoms with E-state index in [1.165, 1.54) is 10.9 Å². The van der Waals surface area contributed by atoms with Gasteiger partial charge in [0.2, 0.25) is 11.7 Å². The minimum Gasteiger partial charge on any atom is -0.493 e. The molecule has 1 aromatic carbocycles. The SMILES string of the molecule is CCOc1cc(Cl)ccc1C(=O)c1cnn(C)c1O. The average Bonchev–Trinajstić information content (AvgIpc) is 2.70. The van der Waals surface area contributed by atoms with Crippen molar-refractivity contribution in [1.29, 1.82) is 0 Å². The molecule has 2 aromatic rings. The standard InChI is InChI=1S/C13H13ClN2O3/c1-3-19-11-6-8(14)4-5-9(11)12(17)10-7-15-16(2)13(10)18/h4-7,18H,3H2,1-2H3. The van der Waals surface area contributed by atoms with Gasteiger partial charge in [0.1, 0.15) is 11.3 Å². The second kappa shape index (κ2) is 5.32. The predicted octanol–water partition coefficient (Wildman–Crippen LogP) is 2.41. The lowest BCUT2D eigenvalue weighted by molar-refractivity contribution is 0.103. The van der Waals surface area contributed by atoms with E-state index in [9.17, 15) is 9.90 Å². The van der Waals surface area contributed by atoms with Crippen LogP contribution in [-0.2, 0) is 7.05 Å². The second-order valence-electron chi connectivity index (χ2n) is 3.91. The van der Waals surface area contributed by atoms with Crippen LogP contribution >= 0.6 is 11.6 Å². The molecule has 0 aliphatic heterocycles. The first-order valence-corrected chi connectivity index (χ1v) is 6.10. The highest BCUT2D eigenvalue weighted by Crippen LogP contribution is 2.28. The summed E-state index contributed by atoms with van der Waals surface area (Å²) in [5, 5.41) is 14.1. The first kappa shape index (κ1) is 13.4. The number of nitrogens with zero attached hydrogens (tertiary/aromatic N) is 2. The van der Waals surface area contributed by atoms with Gasteiger partial charge >= 0.3 is 0 Å². The van der Waals surface area contributed by atoms with Crippen molar-refractivity contribution in [1.82, 2.24) is 9.78 Å². The number of rotatable bonds is 4. The van der Waals surface area contributed by atoms with Crippen molar-refractivity contribution < 1.29 is 14.6 Å². The van der Waals surface area contributed by atoms with Gasteiger partial charge in [-0.2, -0.15) is 5.10 Å². The molecule has 0 aliphatic carbocycles. The number of aryl methyl sites for hydroxylation is 1. The Hall–Kier alpha value is -2.01. The van der Waals surface area contributed by atoms with Crippen LogP contribution in [0.2, 0.25) is 5.02 Å². The van der Waals surface area contributed by atoms with E-state index in [1.54, 1.807) is 25.2 Å². The molecule has 0 amide bonds. The highest BCUT2D eigenvalue weighted by molar-refractivity contribution is 6.31. The molecule has 0 spiro atoms. The van der Waals surface area contributed by atoms with Crippen LogP contribution in [0, 0.1) is 0 Å². The molecule has 0 saturated carbocycles. The molecule has 6 heteroatoms. The monoisotopic (exact) mass is 280 g/mol. The summed E-state index contributed by atoms with van der Waals surface area (Å²) in [5.74, 6) is -0.142. The van der Waals surface area contributed by atoms with Gasteiger partial charge in [-0.05, 0) is 25.1 Å². The van der Waals surface area contributed by atoms with Crippen molar-refractivity contribution >= 4 is 17.4 Å². The molecule has 5 nitrogen and oxygen atoms in total. The number of carbonyl (C=O) groups is 1. The molecule has 1 N–H and O–H groups in total. The van der Waals surface area contributed by atoms with Crippen LogP contribution in [0.25, 0.3) is 0 Å². The Morgan fingerprint density at radius 2 is 2.21 bits per heavy atom. The van der Waals surface area contributed by atoms with Crippen molar-refractivity contribution in [2.75, 3.05) is 6.61 Å². The van der Waals surface area contributed by atoms with Gasteiger partial charge in [-0.1, -0.05) is 11.6 Å². The van der Waals surface area contributed by atoms with Crippen LogP contribution in [0.3, 0.4) is 0 Å². The summed E-state index contributed by atoms with van der Waals surface area (Å²) >= 11 is 5.88. The smallest absolute Gasteiger partial charge is 0.220 e. The van der Waals surface area contributed by atoms with Crippen molar-refractivity contribution in [3.63, 3.8) is 0 Å². The van der Waals surface area contributed by atoms with Gasteiger partial charge in [-0.3, -0.25) is 4.79 Å². The molecule has 0 radical (unpaired) electrons. The fourth-order valence-electron chi connectivity index (χ4n) is 1.70. The van der Waals surface area contributed by atoms with Gasteiger partial charge in [0.25, 0.3) is 0 Å². The Kier molecular flexibility index (Phi) is 3.76. The summed E-state index contributed by atoms with van der Waals surface area (Å²) in [7, 11) is 1.55. The normalized spacial score (nSPS) is 10.5. The highest BCUT2D eigenvalue weighted by atomic mass is 35.5. The van der Waals surface area contributed by atoms with Crippen molar-refractivity contribution in [3.8, 4) is 11.6 Å². The quantitative estimate of drug-likeness (QED) is 0.874. The van der Waals surface area contributed by atoms with Gasteiger partial charge in [0.15, 0.2) is 0 Å². The predicted molar refractivity (Wildman–Crippen MR) is 70.9 cm³/mol. The number of halogens is 1. The van der Waals surface area contributed by atoms with E-state index in [4.69, 9.17) is 16.3 Å². The fraction of sp³-hybridized carbons (Fsp3) is 0.231. The molecule has 0 atom stereocenters. The van der Waals surface area contributed by atoms with Crippen molar-refractivity contribution in [2.45, 2.75) is 6.92 Å². The van der Waals surface area contributed by atoms with E-state index in [0.29, 0.717) is 22.9 Å². The molecule has 1 heterocycles. The lowest BCUT2D eigenvalue weighted by Crippen LogP contribution is -2.05. The number of hydrogen-bond donors (Lipinski definition) is 1. The molecule has 0 fully saturated rings. The van der Waals surface area contributed by atoms with E-state index < -0.39 is 0 Å². The van der Waals surface area contributed by atoms with E-state index in [-0.39, 0.29) is 17.2 Å². The zero-order valence-electron chi connectivity index (χ0n) is 10.6. The maximum absolute atomic E-state index is 12.4. The summed E-state index contributed by atoms with van der Waals surface area (Å²) in [6.45, 7) is 2.23. The van der Waals surface area contributed by atoms with Gasteiger partial charge in [0, 0.05) is 12.1 Å². The van der Waals surface area contributed by atoms with Crippen LogP contribution in [-0.4, -0.2) is 27.3 Å². The Balaban J connectivity index is 2.46. The maximum Gasteiger partial charge on any atom is 0.220 e. The zero-order valence-corrected chi connectivity index (χ0v) is 11.3. The van der Waals surface area contributed by atoms with E-state index >= 15 is 0 Å². The van der Waals surface area contributed by atoms with Crippen LogP contribution in [0.15, 0.2) is 24.4 Å². The van der Waals surface area contributed by atoms with E-state index in [0.717, 1.165) is 0 Å². The number of carbonyl (C=O) groups excluding carboxylic acids is 1. The summed E-state index contributed by atoms with van der Waals surface area (Å²) in [6.07, 6.45) is 1.32. The Morgan fingerprint density at radius 1 is 1.47 bits per heavy atom. The zero-order chi connectivity index (χ0) is 14.0. The number of aromatic nitrogens is 2. The third-order valence-electron chi connectivity index (χ3n) is 2.64. The lowest BCUT2D eigenvalue weighted by atomic mass is 10.1. The molecule has 0 saturated heterocycles. The van der Waals surface area contributed by atoms with Crippen LogP contribution in [0.1, 0.15) is 22.8 Å². The number of aromatic hydroxyl groups is 1. The van der Waals surface area contributed by atoms with Gasteiger partial charge in [0.05, 0.1) is 18.4 Å². The van der Waals surface area contributed by atoms with Crippen LogP contribution in [0.5, 0.6) is 11.6 Å². The van der Waals surface area contributed by atoms with Crippen molar-refractivity contribution in [2.24, 2.45) is 7.05 Å². The third kappa shape index (κ3) is 2.56. The molecule has 0 aliphatic rings. The van der Waals surface area contributed by atoms with Gasteiger partial charge < -0.3 is 9.84 Å². The maximum atomic E-state index is 12.4. The fourth-order valence-corrected chi connectivity index (χ4v) is 1.86. The minimum atomic E-state index is -0.356.